The van der Waals surface area contributed by atoms with Crippen LogP contribution in [-0.2, 0) is 4.79 Å². The van der Waals surface area contributed by atoms with Gasteiger partial charge in [0.25, 0.3) is 0 Å². The molecule has 1 unspecified atom stereocenters. The third-order valence-corrected chi connectivity index (χ3v) is 6.90. The van der Waals surface area contributed by atoms with Gasteiger partial charge in [-0.1, -0.05) is 6.58 Å². The lowest BCUT2D eigenvalue weighted by atomic mass is 9.95. The Kier molecular flexibility index (Phi) is 6.49. The molecule has 2 saturated heterocycles. The zero-order valence-electron chi connectivity index (χ0n) is 19.4. The number of piperidine rings is 1. The Hall–Kier alpha value is -3.39. The van der Waals surface area contributed by atoms with Crippen LogP contribution in [0, 0.1) is 5.92 Å². The molecule has 0 bridgehead atoms. The molecule has 1 aromatic carbocycles. The van der Waals surface area contributed by atoms with Crippen LogP contribution in [0.2, 0.25) is 0 Å². The lowest BCUT2D eigenvalue weighted by molar-refractivity contribution is -0.132. The number of carbonyl (C=O) groups excluding carboxylic acids is 1. The fourth-order valence-electron chi connectivity index (χ4n) is 4.87. The maximum absolute atomic E-state index is 11.7. The van der Waals surface area contributed by atoms with Gasteiger partial charge in [-0.25, -0.2) is 4.98 Å². The van der Waals surface area contributed by atoms with Crippen LogP contribution in [-0.4, -0.2) is 64.8 Å². The SMILES string of the molecule is C=CC(=O)N1CC(CCN2c3nc(Nc4ccc(N5CCCCC5)cc4)ncc3C=CC2O)C1. The molecule has 0 radical (unpaired) electrons. The van der Waals surface area contributed by atoms with Crippen LogP contribution in [0.25, 0.3) is 6.08 Å². The highest BCUT2D eigenvalue weighted by Gasteiger charge is 2.31. The largest absolute Gasteiger partial charge is 0.372 e. The summed E-state index contributed by atoms with van der Waals surface area (Å²) in [7, 11) is 0. The minimum absolute atomic E-state index is 0.0186. The average Bonchev–Trinajstić information content (AvgIpc) is 2.85. The second-order valence-corrected chi connectivity index (χ2v) is 9.26. The molecule has 0 aliphatic carbocycles. The Bertz CT molecular complexity index is 1060. The maximum Gasteiger partial charge on any atom is 0.245 e. The number of hydrogen-bond donors (Lipinski definition) is 2. The molecule has 5 rings (SSSR count). The Morgan fingerprint density at radius 2 is 1.94 bits per heavy atom. The number of aliphatic hydroxyl groups is 1. The van der Waals surface area contributed by atoms with E-state index in [9.17, 15) is 9.90 Å². The molecule has 3 aliphatic rings. The number of fused-ring (bicyclic) bond motifs is 1. The summed E-state index contributed by atoms with van der Waals surface area (Å²) < 4.78 is 0. The van der Waals surface area contributed by atoms with Crippen LogP contribution in [0.5, 0.6) is 0 Å². The maximum atomic E-state index is 11.7. The predicted octanol–water partition coefficient (Wildman–Crippen LogP) is 3.40. The number of aliphatic hydroxyl groups excluding tert-OH is 1. The predicted molar refractivity (Wildman–Crippen MR) is 135 cm³/mol. The third kappa shape index (κ3) is 4.77. The summed E-state index contributed by atoms with van der Waals surface area (Å²) in [4.78, 5) is 27.0. The quantitative estimate of drug-likeness (QED) is 0.613. The smallest absolute Gasteiger partial charge is 0.245 e. The van der Waals surface area contributed by atoms with Crippen molar-refractivity contribution in [3.05, 3.63) is 54.8 Å². The van der Waals surface area contributed by atoms with E-state index in [-0.39, 0.29) is 5.91 Å². The summed E-state index contributed by atoms with van der Waals surface area (Å²) in [5, 5.41) is 13.9. The number of hydrogen-bond acceptors (Lipinski definition) is 7. The van der Waals surface area contributed by atoms with E-state index in [2.05, 4.69) is 46.0 Å². The number of anilines is 4. The highest BCUT2D eigenvalue weighted by atomic mass is 16.3. The number of carbonyl (C=O) groups is 1. The van der Waals surface area contributed by atoms with Gasteiger partial charge in [-0.05, 0) is 74.1 Å². The number of benzene rings is 1. The van der Waals surface area contributed by atoms with Crippen molar-refractivity contribution in [2.45, 2.75) is 31.9 Å². The Morgan fingerprint density at radius 3 is 2.68 bits per heavy atom. The van der Waals surface area contributed by atoms with Gasteiger partial charge in [-0.3, -0.25) is 4.79 Å². The molecule has 2 N–H and O–H groups in total. The number of likely N-dealkylation sites (tertiary alicyclic amines) is 1. The lowest BCUT2D eigenvalue weighted by Crippen LogP contribution is -2.50. The molecule has 8 heteroatoms. The van der Waals surface area contributed by atoms with Crippen LogP contribution in [0.4, 0.5) is 23.1 Å². The van der Waals surface area contributed by atoms with Crippen molar-refractivity contribution in [3.8, 4) is 0 Å². The Labute approximate surface area is 200 Å². The molecule has 178 valence electrons. The molecule has 34 heavy (non-hydrogen) atoms. The molecular weight excluding hydrogens is 428 g/mol. The number of amides is 1. The van der Waals surface area contributed by atoms with Crippen LogP contribution in [0.1, 0.15) is 31.2 Å². The van der Waals surface area contributed by atoms with E-state index >= 15 is 0 Å². The first-order valence-electron chi connectivity index (χ1n) is 12.1. The second kappa shape index (κ2) is 9.85. The Morgan fingerprint density at radius 1 is 1.18 bits per heavy atom. The summed E-state index contributed by atoms with van der Waals surface area (Å²) in [6.45, 7) is 7.91. The second-order valence-electron chi connectivity index (χ2n) is 9.26. The van der Waals surface area contributed by atoms with Crippen molar-refractivity contribution in [3.63, 3.8) is 0 Å². The fraction of sp³-hybridized carbons (Fsp3) is 0.423. The molecule has 1 aromatic heterocycles. The van der Waals surface area contributed by atoms with Gasteiger partial charge in [0.05, 0.1) is 0 Å². The van der Waals surface area contributed by atoms with E-state index in [1.165, 1.54) is 31.0 Å². The molecule has 4 heterocycles. The van der Waals surface area contributed by atoms with Gasteiger partial charge in [0.2, 0.25) is 11.9 Å². The van der Waals surface area contributed by atoms with E-state index < -0.39 is 6.23 Å². The Balaban J connectivity index is 1.23. The first-order chi connectivity index (χ1) is 16.6. The van der Waals surface area contributed by atoms with Gasteiger partial charge in [0.15, 0.2) is 0 Å². The van der Waals surface area contributed by atoms with Crippen LogP contribution < -0.4 is 15.1 Å². The van der Waals surface area contributed by atoms with Crippen molar-refractivity contribution in [1.82, 2.24) is 14.9 Å². The topological polar surface area (TPSA) is 84.8 Å². The van der Waals surface area contributed by atoms with E-state index in [0.29, 0.717) is 18.4 Å². The van der Waals surface area contributed by atoms with Gasteiger partial charge in [-0.2, -0.15) is 4.98 Å². The van der Waals surface area contributed by atoms with E-state index in [4.69, 9.17) is 4.98 Å². The molecule has 3 aliphatic heterocycles. The molecular formula is C26H32N6O2. The lowest BCUT2D eigenvalue weighted by Gasteiger charge is -2.40. The van der Waals surface area contributed by atoms with Crippen molar-refractivity contribution >= 4 is 35.1 Å². The van der Waals surface area contributed by atoms with Gasteiger partial charge in [0, 0.05) is 55.9 Å². The standard InChI is InChI=1S/C26H32N6O2/c1-2-23(33)31-17-19(18-31)12-15-32-24(34)11-6-20-16-27-26(29-25(20)32)28-21-7-9-22(10-8-21)30-13-4-3-5-14-30/h2,6-11,16,19,24,34H,1,3-5,12-15,17-18H2,(H,27,28,29). The highest BCUT2D eigenvalue weighted by Crippen LogP contribution is 2.30. The monoisotopic (exact) mass is 460 g/mol. The molecule has 2 fully saturated rings. The number of aromatic nitrogens is 2. The molecule has 2 aromatic rings. The number of nitrogens with one attached hydrogen (secondary N) is 1. The summed E-state index contributed by atoms with van der Waals surface area (Å²) in [5.41, 5.74) is 3.06. The number of nitrogens with zero attached hydrogens (tertiary/aromatic N) is 5. The van der Waals surface area contributed by atoms with Crippen molar-refractivity contribution in [2.75, 3.05) is 47.8 Å². The van der Waals surface area contributed by atoms with E-state index in [1.54, 1.807) is 17.2 Å². The summed E-state index contributed by atoms with van der Waals surface area (Å²) in [5.74, 6) is 1.62. The first kappa shape index (κ1) is 22.4. The number of rotatable bonds is 7. The van der Waals surface area contributed by atoms with Crippen molar-refractivity contribution in [1.29, 1.82) is 0 Å². The zero-order chi connectivity index (χ0) is 23.5. The molecule has 0 saturated carbocycles. The van der Waals surface area contributed by atoms with Gasteiger partial charge >= 0.3 is 0 Å². The minimum Gasteiger partial charge on any atom is -0.372 e. The summed E-state index contributed by atoms with van der Waals surface area (Å²) >= 11 is 0. The van der Waals surface area contributed by atoms with Gasteiger partial charge in [-0.15, -0.1) is 0 Å². The van der Waals surface area contributed by atoms with Crippen LogP contribution in [0.15, 0.2) is 49.2 Å². The first-order valence-corrected chi connectivity index (χ1v) is 12.1. The fourth-order valence-corrected chi connectivity index (χ4v) is 4.87. The molecule has 8 nitrogen and oxygen atoms in total. The summed E-state index contributed by atoms with van der Waals surface area (Å²) in [6, 6.07) is 8.41. The summed E-state index contributed by atoms with van der Waals surface area (Å²) in [6.07, 6.45) is 10.7. The normalized spacial score (nSPS) is 20.0. The third-order valence-electron chi connectivity index (χ3n) is 6.90. The van der Waals surface area contributed by atoms with Crippen molar-refractivity contribution in [2.24, 2.45) is 5.92 Å². The molecule has 0 spiro atoms. The van der Waals surface area contributed by atoms with Gasteiger partial charge in [0.1, 0.15) is 12.0 Å². The van der Waals surface area contributed by atoms with Crippen molar-refractivity contribution < 1.29 is 9.90 Å². The van der Waals surface area contributed by atoms with Crippen LogP contribution >= 0.6 is 0 Å². The minimum atomic E-state index is -0.731. The molecule has 1 amide bonds. The van der Waals surface area contributed by atoms with Crippen LogP contribution in [0.3, 0.4) is 0 Å². The van der Waals surface area contributed by atoms with E-state index in [1.807, 2.05) is 11.0 Å². The van der Waals surface area contributed by atoms with Gasteiger partial charge < -0.3 is 25.1 Å². The van der Waals surface area contributed by atoms with E-state index in [0.717, 1.165) is 49.7 Å². The molecule has 1 atom stereocenters. The highest BCUT2D eigenvalue weighted by molar-refractivity contribution is 5.87. The zero-order valence-corrected chi connectivity index (χ0v) is 19.4. The average molecular weight is 461 g/mol.